The summed E-state index contributed by atoms with van der Waals surface area (Å²) in [6.45, 7) is 3.70. The van der Waals surface area contributed by atoms with Crippen LogP contribution in [0.15, 0.2) is 96.4 Å². The predicted octanol–water partition coefficient (Wildman–Crippen LogP) is 4.97. The number of para-hydroxylation sites is 2. The average Bonchev–Trinajstić information content (AvgIpc) is 2.73. The van der Waals surface area contributed by atoms with Crippen molar-refractivity contribution in [2.75, 3.05) is 16.2 Å². The molecule has 0 fully saturated rings. The maximum Gasteiger partial charge on any atom is 0.266 e. The number of carbonyl (C=O) groups is 1. The smallest absolute Gasteiger partial charge is 0.266 e. The number of nitrogens with zero attached hydrogens (tertiary/aromatic N) is 1. The Bertz CT molecular complexity index is 1120. The number of carbonyl (C=O) groups excluding carboxylic acids is 1. The second-order valence-corrected chi connectivity index (χ2v) is 8.36. The van der Waals surface area contributed by atoms with Crippen LogP contribution in [0.2, 0.25) is 5.02 Å². The summed E-state index contributed by atoms with van der Waals surface area (Å²) in [6, 6.07) is 21.7. The molecule has 1 N–H and O–H groups in total. The van der Waals surface area contributed by atoms with Gasteiger partial charge in [0.2, 0.25) is 0 Å². The minimum atomic E-state index is -4.03. The van der Waals surface area contributed by atoms with E-state index in [0.717, 1.165) is 0 Å². The van der Waals surface area contributed by atoms with Gasteiger partial charge in [-0.3, -0.25) is 9.10 Å². The molecule has 3 aromatic rings. The molecule has 0 heterocycles. The second-order valence-electron chi connectivity index (χ2n) is 6.13. The lowest BCUT2D eigenvalue weighted by molar-refractivity contribution is 0.102. The van der Waals surface area contributed by atoms with E-state index in [1.165, 1.54) is 28.6 Å². The molecule has 3 rings (SSSR count). The molecule has 0 aliphatic carbocycles. The molecular formula is C22H19ClN2O3S. The number of hydrogen-bond donors (Lipinski definition) is 1. The molecule has 0 aliphatic rings. The zero-order valence-electron chi connectivity index (χ0n) is 15.5. The normalized spacial score (nSPS) is 10.9. The lowest BCUT2D eigenvalue weighted by Gasteiger charge is -2.24. The van der Waals surface area contributed by atoms with Crippen molar-refractivity contribution in [3.63, 3.8) is 0 Å². The summed E-state index contributed by atoms with van der Waals surface area (Å²) in [7, 11) is -4.03. The maximum absolute atomic E-state index is 13.3. The third-order valence-electron chi connectivity index (χ3n) is 4.13. The van der Waals surface area contributed by atoms with Crippen molar-refractivity contribution >= 4 is 38.9 Å². The van der Waals surface area contributed by atoms with Gasteiger partial charge in [0.05, 0.1) is 17.3 Å². The Morgan fingerprint density at radius 2 is 1.62 bits per heavy atom. The first-order chi connectivity index (χ1) is 13.9. The summed E-state index contributed by atoms with van der Waals surface area (Å²) < 4.78 is 27.9. The van der Waals surface area contributed by atoms with Gasteiger partial charge in [0, 0.05) is 11.3 Å². The van der Waals surface area contributed by atoms with E-state index in [-0.39, 0.29) is 22.0 Å². The van der Waals surface area contributed by atoms with Crippen LogP contribution in [0.1, 0.15) is 10.4 Å². The van der Waals surface area contributed by atoms with Gasteiger partial charge in [-0.2, -0.15) is 0 Å². The minimum Gasteiger partial charge on any atom is -0.322 e. The zero-order valence-corrected chi connectivity index (χ0v) is 17.0. The topological polar surface area (TPSA) is 66.5 Å². The number of sulfonamides is 1. The average molecular weight is 427 g/mol. The van der Waals surface area contributed by atoms with Gasteiger partial charge in [-0.05, 0) is 42.5 Å². The minimum absolute atomic E-state index is 0.0336. The number of amides is 1. The Balaban J connectivity index is 1.99. The molecular weight excluding hydrogens is 408 g/mol. The van der Waals surface area contributed by atoms with Gasteiger partial charge >= 0.3 is 0 Å². The zero-order chi connectivity index (χ0) is 20.9. The number of anilines is 2. The molecule has 0 radical (unpaired) electrons. The van der Waals surface area contributed by atoms with Crippen molar-refractivity contribution in [2.45, 2.75) is 4.90 Å². The molecule has 0 saturated carbocycles. The SMILES string of the molecule is C=CCN(c1ccccc1)S(=O)(=O)c1cc(C(=O)Nc2ccccc2)ccc1Cl. The molecule has 0 spiro atoms. The fraction of sp³-hybridized carbons (Fsp3) is 0.0455. The molecule has 0 aliphatic heterocycles. The first-order valence-corrected chi connectivity index (χ1v) is 10.6. The van der Waals surface area contributed by atoms with Crippen LogP contribution < -0.4 is 9.62 Å². The molecule has 148 valence electrons. The Labute approximate surface area is 175 Å². The van der Waals surface area contributed by atoms with E-state index in [2.05, 4.69) is 11.9 Å². The van der Waals surface area contributed by atoms with E-state index in [9.17, 15) is 13.2 Å². The summed E-state index contributed by atoms with van der Waals surface area (Å²) in [5.74, 6) is -0.431. The number of hydrogen-bond acceptors (Lipinski definition) is 3. The van der Waals surface area contributed by atoms with Crippen molar-refractivity contribution in [3.8, 4) is 0 Å². The molecule has 29 heavy (non-hydrogen) atoms. The van der Waals surface area contributed by atoms with Crippen LogP contribution in [-0.4, -0.2) is 20.9 Å². The first-order valence-electron chi connectivity index (χ1n) is 8.78. The van der Waals surface area contributed by atoms with Gasteiger partial charge in [-0.15, -0.1) is 6.58 Å². The Kier molecular flexibility index (Phi) is 6.36. The number of rotatable bonds is 7. The second kappa shape index (κ2) is 8.94. The summed E-state index contributed by atoms with van der Waals surface area (Å²) in [5, 5.41) is 2.77. The molecule has 3 aromatic carbocycles. The Morgan fingerprint density at radius 1 is 1.00 bits per heavy atom. The number of halogens is 1. The van der Waals surface area contributed by atoms with E-state index < -0.39 is 15.9 Å². The summed E-state index contributed by atoms with van der Waals surface area (Å²) in [5.41, 5.74) is 1.26. The molecule has 0 saturated heterocycles. The molecule has 1 amide bonds. The molecule has 7 heteroatoms. The monoisotopic (exact) mass is 426 g/mol. The maximum atomic E-state index is 13.3. The van der Waals surface area contributed by atoms with Crippen molar-refractivity contribution in [2.24, 2.45) is 0 Å². The highest BCUT2D eigenvalue weighted by molar-refractivity contribution is 7.93. The quantitative estimate of drug-likeness (QED) is 0.542. The van der Waals surface area contributed by atoms with Crippen LogP contribution in [0.4, 0.5) is 11.4 Å². The van der Waals surface area contributed by atoms with Crippen LogP contribution in [0, 0.1) is 0 Å². The summed E-state index contributed by atoms with van der Waals surface area (Å²) in [4.78, 5) is 12.4. The van der Waals surface area contributed by atoms with Crippen LogP contribution in [0.5, 0.6) is 0 Å². The van der Waals surface area contributed by atoms with Gasteiger partial charge in [-0.25, -0.2) is 8.42 Å². The van der Waals surface area contributed by atoms with Gasteiger partial charge in [0.1, 0.15) is 4.90 Å². The van der Waals surface area contributed by atoms with Gasteiger partial charge in [0.25, 0.3) is 15.9 Å². The molecule has 0 bridgehead atoms. The largest absolute Gasteiger partial charge is 0.322 e. The third-order valence-corrected chi connectivity index (χ3v) is 6.41. The predicted molar refractivity (Wildman–Crippen MR) is 117 cm³/mol. The fourth-order valence-corrected chi connectivity index (χ4v) is 4.68. The highest BCUT2D eigenvalue weighted by Crippen LogP contribution is 2.29. The Hall–Kier alpha value is -3.09. The van der Waals surface area contributed by atoms with Gasteiger partial charge in [0.15, 0.2) is 0 Å². The fourth-order valence-electron chi connectivity index (χ4n) is 2.74. The van der Waals surface area contributed by atoms with Gasteiger partial charge in [-0.1, -0.05) is 54.1 Å². The van der Waals surface area contributed by atoms with Crippen LogP contribution in [0.3, 0.4) is 0 Å². The Morgan fingerprint density at radius 3 is 2.24 bits per heavy atom. The van der Waals surface area contributed by atoms with E-state index >= 15 is 0 Å². The summed E-state index contributed by atoms with van der Waals surface area (Å²) in [6.07, 6.45) is 1.49. The van der Waals surface area contributed by atoms with Gasteiger partial charge < -0.3 is 5.32 Å². The van der Waals surface area contributed by atoms with Crippen molar-refractivity contribution in [3.05, 3.63) is 102 Å². The molecule has 0 aromatic heterocycles. The van der Waals surface area contributed by atoms with Crippen molar-refractivity contribution in [1.29, 1.82) is 0 Å². The van der Waals surface area contributed by atoms with Crippen LogP contribution >= 0.6 is 11.6 Å². The molecule has 0 atom stereocenters. The highest BCUT2D eigenvalue weighted by atomic mass is 35.5. The molecule has 5 nitrogen and oxygen atoms in total. The lowest BCUT2D eigenvalue weighted by atomic mass is 10.2. The van der Waals surface area contributed by atoms with Crippen molar-refractivity contribution in [1.82, 2.24) is 0 Å². The third kappa shape index (κ3) is 4.67. The van der Waals surface area contributed by atoms with E-state index in [1.54, 1.807) is 54.6 Å². The number of benzene rings is 3. The summed E-state index contributed by atoms with van der Waals surface area (Å²) >= 11 is 6.21. The standard InChI is InChI=1S/C22H19ClN2O3S/c1-2-15-25(19-11-7-4-8-12-19)29(27,28)21-16-17(13-14-20(21)23)22(26)24-18-9-5-3-6-10-18/h2-14,16H,1,15H2,(H,24,26). The highest BCUT2D eigenvalue weighted by Gasteiger charge is 2.27. The lowest BCUT2D eigenvalue weighted by Crippen LogP contribution is -2.31. The molecule has 0 unspecified atom stereocenters. The van der Waals surface area contributed by atoms with Crippen LogP contribution in [-0.2, 0) is 10.0 Å². The van der Waals surface area contributed by atoms with Crippen molar-refractivity contribution < 1.29 is 13.2 Å². The van der Waals surface area contributed by atoms with E-state index in [0.29, 0.717) is 11.4 Å². The van der Waals surface area contributed by atoms with E-state index in [1.807, 2.05) is 6.07 Å². The van der Waals surface area contributed by atoms with Crippen LogP contribution in [0.25, 0.3) is 0 Å². The number of nitrogens with one attached hydrogen (secondary N) is 1. The first kappa shape index (κ1) is 20.6. The van der Waals surface area contributed by atoms with E-state index in [4.69, 9.17) is 11.6 Å².